The molecule has 0 atom stereocenters. The maximum Gasteiger partial charge on any atom is 0.294 e. The summed E-state index contributed by atoms with van der Waals surface area (Å²) in [7, 11) is 1.65. The number of rotatable bonds is 11. The van der Waals surface area contributed by atoms with E-state index in [0.29, 0.717) is 32.0 Å². The van der Waals surface area contributed by atoms with Crippen molar-refractivity contribution in [3.05, 3.63) is 33.9 Å². The molecule has 0 bridgehead atoms. The Morgan fingerprint density at radius 2 is 2.00 bits per heavy atom. The Balaban J connectivity index is 2.29. The van der Waals surface area contributed by atoms with Crippen LogP contribution in [0.5, 0.6) is 0 Å². The van der Waals surface area contributed by atoms with Crippen LogP contribution in [0, 0.1) is 10.1 Å². The second-order valence-electron chi connectivity index (χ2n) is 4.26. The van der Waals surface area contributed by atoms with Crippen LogP contribution in [0.3, 0.4) is 0 Å². The summed E-state index contributed by atoms with van der Waals surface area (Å²) < 4.78 is 15.6. The molecular weight excluding hydrogens is 278 g/mol. The maximum absolute atomic E-state index is 10.9. The van der Waals surface area contributed by atoms with Crippen molar-refractivity contribution < 1.29 is 19.1 Å². The Kier molecular flexibility index (Phi) is 8.29. The van der Waals surface area contributed by atoms with Gasteiger partial charge in [-0.15, -0.1) is 0 Å². The summed E-state index contributed by atoms with van der Waals surface area (Å²) in [6.07, 6.45) is 0.843. The van der Waals surface area contributed by atoms with E-state index in [1.165, 1.54) is 6.07 Å². The SMILES string of the molecule is COCCCOCCOCc1ccc(NN)c([N+](=O)[O-])c1. The number of anilines is 1. The number of nitrogens with zero attached hydrogens (tertiary/aromatic N) is 1. The molecule has 3 N–H and O–H groups in total. The van der Waals surface area contributed by atoms with E-state index in [4.69, 9.17) is 20.1 Å². The van der Waals surface area contributed by atoms with Crippen LogP contribution in [-0.2, 0) is 20.8 Å². The molecule has 0 aliphatic rings. The lowest BCUT2D eigenvalue weighted by Gasteiger charge is -2.07. The Morgan fingerprint density at radius 3 is 2.67 bits per heavy atom. The summed E-state index contributed by atoms with van der Waals surface area (Å²) in [6, 6.07) is 4.72. The van der Waals surface area contributed by atoms with Gasteiger partial charge < -0.3 is 19.6 Å². The van der Waals surface area contributed by atoms with E-state index in [-0.39, 0.29) is 18.0 Å². The Labute approximate surface area is 123 Å². The molecule has 8 nitrogen and oxygen atoms in total. The minimum atomic E-state index is -0.488. The largest absolute Gasteiger partial charge is 0.385 e. The van der Waals surface area contributed by atoms with Crippen LogP contribution in [-0.4, -0.2) is 38.5 Å². The third kappa shape index (κ3) is 6.50. The normalized spacial score (nSPS) is 10.6. The number of ether oxygens (including phenoxy) is 3. The van der Waals surface area contributed by atoms with E-state index in [1.54, 1.807) is 19.2 Å². The second kappa shape index (κ2) is 10.1. The van der Waals surface area contributed by atoms with E-state index < -0.39 is 4.92 Å². The fourth-order valence-corrected chi connectivity index (χ4v) is 1.66. The maximum atomic E-state index is 10.9. The monoisotopic (exact) mass is 299 g/mol. The van der Waals surface area contributed by atoms with Gasteiger partial charge in [-0.05, 0) is 18.1 Å². The second-order valence-corrected chi connectivity index (χ2v) is 4.26. The highest BCUT2D eigenvalue weighted by Gasteiger charge is 2.13. The van der Waals surface area contributed by atoms with Gasteiger partial charge in [0, 0.05) is 26.4 Å². The van der Waals surface area contributed by atoms with Gasteiger partial charge in [-0.3, -0.25) is 16.0 Å². The smallest absolute Gasteiger partial charge is 0.294 e. The van der Waals surface area contributed by atoms with Gasteiger partial charge in [-0.2, -0.15) is 0 Å². The predicted octanol–water partition coefficient (Wildman–Crippen LogP) is 1.45. The molecule has 1 aromatic carbocycles. The number of methoxy groups -OCH3 is 1. The summed E-state index contributed by atoms with van der Waals surface area (Å²) in [6.45, 7) is 2.49. The molecule has 0 aliphatic heterocycles. The minimum absolute atomic E-state index is 0.0746. The minimum Gasteiger partial charge on any atom is -0.385 e. The van der Waals surface area contributed by atoms with Gasteiger partial charge >= 0.3 is 0 Å². The molecule has 0 saturated heterocycles. The van der Waals surface area contributed by atoms with Crippen molar-refractivity contribution >= 4 is 11.4 Å². The fraction of sp³-hybridized carbons (Fsp3) is 0.538. The average Bonchev–Trinajstić information content (AvgIpc) is 2.49. The van der Waals surface area contributed by atoms with E-state index in [1.807, 2.05) is 0 Å². The van der Waals surface area contributed by atoms with Gasteiger partial charge in [-0.25, -0.2) is 0 Å². The summed E-state index contributed by atoms with van der Waals surface area (Å²) in [4.78, 5) is 10.4. The number of hydrogen-bond donors (Lipinski definition) is 2. The number of hydrogen-bond acceptors (Lipinski definition) is 7. The predicted molar refractivity (Wildman–Crippen MR) is 77.9 cm³/mol. The number of nitro benzene ring substituents is 1. The van der Waals surface area contributed by atoms with E-state index in [9.17, 15) is 10.1 Å². The first kappa shape index (κ1) is 17.3. The third-order valence-electron chi connectivity index (χ3n) is 2.69. The van der Waals surface area contributed by atoms with Gasteiger partial charge in [0.25, 0.3) is 5.69 Å². The molecule has 0 fully saturated rings. The lowest BCUT2D eigenvalue weighted by molar-refractivity contribution is -0.384. The molecule has 0 unspecified atom stereocenters. The highest BCUT2D eigenvalue weighted by Crippen LogP contribution is 2.24. The van der Waals surface area contributed by atoms with Crippen LogP contribution < -0.4 is 11.3 Å². The van der Waals surface area contributed by atoms with Gasteiger partial charge in [0.2, 0.25) is 0 Å². The van der Waals surface area contributed by atoms with Gasteiger partial charge in [0.15, 0.2) is 0 Å². The molecule has 0 aromatic heterocycles. The van der Waals surface area contributed by atoms with Crippen LogP contribution in [0.4, 0.5) is 11.4 Å². The van der Waals surface area contributed by atoms with Crippen LogP contribution in [0.25, 0.3) is 0 Å². The molecule has 0 aliphatic carbocycles. The molecular formula is C13H21N3O5. The zero-order chi connectivity index (χ0) is 15.5. The van der Waals surface area contributed by atoms with Crippen LogP contribution in [0.1, 0.15) is 12.0 Å². The lowest BCUT2D eigenvalue weighted by atomic mass is 10.2. The molecule has 0 amide bonds. The van der Waals surface area contributed by atoms with Gasteiger partial charge in [-0.1, -0.05) is 6.07 Å². The van der Waals surface area contributed by atoms with Crippen molar-refractivity contribution in [1.29, 1.82) is 0 Å². The van der Waals surface area contributed by atoms with Crippen molar-refractivity contribution in [2.75, 3.05) is 39.0 Å². The van der Waals surface area contributed by atoms with Crippen LogP contribution >= 0.6 is 0 Å². The lowest BCUT2D eigenvalue weighted by Crippen LogP contribution is -2.10. The van der Waals surface area contributed by atoms with Crippen LogP contribution in [0.15, 0.2) is 18.2 Å². The number of benzene rings is 1. The number of hydrazine groups is 1. The molecule has 118 valence electrons. The quantitative estimate of drug-likeness (QED) is 0.275. The molecule has 0 radical (unpaired) electrons. The summed E-state index contributed by atoms with van der Waals surface area (Å²) in [5, 5.41) is 10.9. The van der Waals surface area contributed by atoms with Gasteiger partial charge in [0.05, 0.1) is 24.7 Å². The zero-order valence-electron chi connectivity index (χ0n) is 12.0. The molecule has 1 rings (SSSR count). The van der Waals surface area contributed by atoms with Crippen molar-refractivity contribution in [3.8, 4) is 0 Å². The third-order valence-corrected chi connectivity index (χ3v) is 2.69. The molecule has 1 aromatic rings. The van der Waals surface area contributed by atoms with Crippen molar-refractivity contribution in [1.82, 2.24) is 0 Å². The number of nitro groups is 1. The average molecular weight is 299 g/mol. The topological polar surface area (TPSA) is 109 Å². The Bertz CT molecular complexity index is 442. The Morgan fingerprint density at radius 1 is 1.24 bits per heavy atom. The van der Waals surface area contributed by atoms with Crippen molar-refractivity contribution in [2.45, 2.75) is 13.0 Å². The summed E-state index contributed by atoms with van der Waals surface area (Å²) >= 11 is 0. The van der Waals surface area contributed by atoms with Gasteiger partial charge in [0.1, 0.15) is 5.69 Å². The highest BCUT2D eigenvalue weighted by molar-refractivity contribution is 5.61. The van der Waals surface area contributed by atoms with Crippen molar-refractivity contribution in [2.24, 2.45) is 5.84 Å². The summed E-state index contributed by atoms with van der Waals surface area (Å²) in [5.41, 5.74) is 3.19. The zero-order valence-corrected chi connectivity index (χ0v) is 12.0. The van der Waals surface area contributed by atoms with E-state index in [2.05, 4.69) is 5.43 Å². The van der Waals surface area contributed by atoms with E-state index in [0.717, 1.165) is 6.42 Å². The first-order valence-electron chi connectivity index (χ1n) is 6.57. The first-order chi connectivity index (χ1) is 10.2. The molecule has 0 saturated carbocycles. The standard InChI is InChI=1S/C13H21N3O5/c1-19-5-2-6-20-7-8-21-10-11-3-4-12(15-14)13(9-11)16(17)18/h3-4,9,15H,2,5-8,10,14H2,1H3. The first-order valence-corrected chi connectivity index (χ1v) is 6.57. The number of nitrogens with two attached hydrogens (primary N) is 1. The number of nitrogens with one attached hydrogen (secondary N) is 1. The highest BCUT2D eigenvalue weighted by atomic mass is 16.6. The number of nitrogen functional groups attached to an aromatic ring is 1. The Hall–Kier alpha value is -1.74. The van der Waals surface area contributed by atoms with Crippen LogP contribution in [0.2, 0.25) is 0 Å². The van der Waals surface area contributed by atoms with E-state index >= 15 is 0 Å². The molecule has 0 spiro atoms. The molecule has 21 heavy (non-hydrogen) atoms. The molecule has 0 heterocycles. The van der Waals surface area contributed by atoms with Crippen molar-refractivity contribution in [3.63, 3.8) is 0 Å². The summed E-state index contributed by atoms with van der Waals surface area (Å²) in [5.74, 6) is 5.22. The molecule has 8 heteroatoms. The fourth-order valence-electron chi connectivity index (χ4n) is 1.66.